The van der Waals surface area contributed by atoms with Gasteiger partial charge >= 0.3 is 12.1 Å². The van der Waals surface area contributed by atoms with Gasteiger partial charge in [0.1, 0.15) is 11.2 Å². The molecule has 2 rings (SSSR count). The number of ether oxygens (including phenoxy) is 1. The summed E-state index contributed by atoms with van der Waals surface area (Å²) in [6.07, 6.45) is 1.44. The van der Waals surface area contributed by atoms with Gasteiger partial charge in [-0.1, -0.05) is 13.0 Å². The van der Waals surface area contributed by atoms with E-state index < -0.39 is 23.1 Å². The minimum absolute atomic E-state index is 0.238. The largest absolute Gasteiger partial charge is 0.477 e. The third kappa shape index (κ3) is 5.80. The monoisotopic (exact) mass is 403 g/mol. The van der Waals surface area contributed by atoms with Gasteiger partial charge in [-0.05, 0) is 51.8 Å². The molecule has 8 heteroatoms. The van der Waals surface area contributed by atoms with Gasteiger partial charge in [0.05, 0.1) is 5.52 Å². The average Bonchev–Trinajstić information content (AvgIpc) is 2.63. The van der Waals surface area contributed by atoms with Crippen LogP contribution in [0.3, 0.4) is 0 Å². The fraction of sp³-hybridized carbons (Fsp3) is 0.476. The molecule has 0 unspecified atom stereocenters. The van der Waals surface area contributed by atoms with Gasteiger partial charge in [0.25, 0.3) is 0 Å². The molecule has 1 amide bonds. The Morgan fingerprint density at radius 3 is 2.48 bits per heavy atom. The summed E-state index contributed by atoms with van der Waals surface area (Å²) in [4.78, 5) is 35.9. The smallest absolute Gasteiger partial charge is 0.422 e. The molecule has 0 atom stereocenters. The predicted octanol–water partition coefficient (Wildman–Crippen LogP) is 3.02. The summed E-state index contributed by atoms with van der Waals surface area (Å²) in [5, 5.41) is 11.4. The lowest BCUT2D eigenvalue weighted by Gasteiger charge is -2.25. The van der Waals surface area contributed by atoms with Gasteiger partial charge in [0.15, 0.2) is 0 Å². The first-order chi connectivity index (χ1) is 13.6. The molecule has 1 heterocycles. The minimum Gasteiger partial charge on any atom is -0.477 e. The number of rotatable bonds is 7. The maximum absolute atomic E-state index is 12.6. The number of carbonyl (C=O) groups is 2. The van der Waals surface area contributed by atoms with Crippen LogP contribution < -0.4 is 10.9 Å². The van der Waals surface area contributed by atoms with Gasteiger partial charge in [0.2, 0.25) is 5.43 Å². The van der Waals surface area contributed by atoms with Crippen LogP contribution in [0, 0.1) is 0 Å². The summed E-state index contributed by atoms with van der Waals surface area (Å²) < 4.78 is 7.02. The van der Waals surface area contributed by atoms with E-state index in [4.69, 9.17) is 4.74 Å². The van der Waals surface area contributed by atoms with E-state index in [9.17, 15) is 19.5 Å². The fourth-order valence-electron chi connectivity index (χ4n) is 3.00. The van der Waals surface area contributed by atoms with Crippen LogP contribution in [0.4, 0.5) is 4.79 Å². The number of aromatic nitrogens is 1. The van der Waals surface area contributed by atoms with Crippen molar-refractivity contribution in [2.24, 2.45) is 0 Å². The highest BCUT2D eigenvalue weighted by Crippen LogP contribution is 2.16. The number of carbonyl (C=O) groups excluding carboxylic acids is 1. The van der Waals surface area contributed by atoms with Crippen LogP contribution in [0.5, 0.6) is 0 Å². The van der Waals surface area contributed by atoms with Crippen LogP contribution in [-0.4, -0.2) is 45.4 Å². The first-order valence-corrected chi connectivity index (χ1v) is 9.69. The van der Waals surface area contributed by atoms with Crippen LogP contribution in [0.25, 0.3) is 10.9 Å². The van der Waals surface area contributed by atoms with Crippen molar-refractivity contribution in [3.8, 4) is 0 Å². The third-order valence-corrected chi connectivity index (χ3v) is 4.42. The second-order valence-electron chi connectivity index (χ2n) is 7.76. The molecule has 0 spiro atoms. The fourth-order valence-corrected chi connectivity index (χ4v) is 3.00. The molecule has 0 fully saturated rings. The molecule has 0 aliphatic carbocycles. The first-order valence-electron chi connectivity index (χ1n) is 9.69. The molecule has 29 heavy (non-hydrogen) atoms. The Bertz CT molecular complexity index is 959. The molecule has 0 saturated carbocycles. The van der Waals surface area contributed by atoms with E-state index in [1.165, 1.54) is 6.20 Å². The summed E-state index contributed by atoms with van der Waals surface area (Å²) in [7, 11) is 0. The Balaban J connectivity index is 2.21. The van der Waals surface area contributed by atoms with Gasteiger partial charge in [-0.3, -0.25) is 10.2 Å². The number of nitrogens with zero attached hydrogens (tertiary/aromatic N) is 2. The van der Waals surface area contributed by atoms with Crippen LogP contribution in [-0.2, 0) is 17.7 Å². The maximum atomic E-state index is 12.6. The number of aryl methyl sites for hydroxylation is 1. The number of amides is 1. The van der Waals surface area contributed by atoms with E-state index in [0.29, 0.717) is 37.0 Å². The minimum atomic E-state index is -1.23. The van der Waals surface area contributed by atoms with Gasteiger partial charge in [-0.2, -0.15) is 0 Å². The first kappa shape index (κ1) is 22.4. The normalized spacial score (nSPS) is 11.7. The number of nitrogens with one attached hydrogen (secondary N) is 1. The molecule has 2 aromatic rings. The molecule has 0 aliphatic heterocycles. The number of benzene rings is 1. The lowest BCUT2D eigenvalue weighted by Crippen LogP contribution is -2.45. The number of carboxylic acids is 1. The van der Waals surface area contributed by atoms with Crippen LogP contribution in [0.15, 0.2) is 29.2 Å². The Hall–Kier alpha value is -2.87. The maximum Gasteiger partial charge on any atom is 0.422 e. The highest BCUT2D eigenvalue weighted by atomic mass is 16.6. The molecule has 158 valence electrons. The van der Waals surface area contributed by atoms with E-state index in [-0.39, 0.29) is 5.56 Å². The molecule has 0 saturated heterocycles. The second kappa shape index (κ2) is 9.09. The standard InChI is InChI=1S/C21H29N3O5/c1-6-23-13-16(19(26)27)18(25)15-12-14(8-9-17(15)23)10-11-24(7-2)22-20(28)29-21(3,4)5/h8-9,12-13H,6-7,10-11H2,1-5H3,(H,22,28)(H,26,27). The Kier molecular flexibility index (Phi) is 7.02. The van der Waals surface area contributed by atoms with Gasteiger partial charge in [-0.15, -0.1) is 0 Å². The molecule has 0 aliphatic rings. The summed E-state index contributed by atoms with van der Waals surface area (Å²) >= 11 is 0. The number of carboxylic acid groups (broad SMARTS) is 1. The van der Waals surface area contributed by atoms with Gasteiger partial charge < -0.3 is 14.4 Å². The van der Waals surface area contributed by atoms with Crippen molar-refractivity contribution in [1.29, 1.82) is 0 Å². The van der Waals surface area contributed by atoms with Crippen molar-refractivity contribution in [3.63, 3.8) is 0 Å². The van der Waals surface area contributed by atoms with Crippen molar-refractivity contribution in [3.05, 3.63) is 45.7 Å². The third-order valence-electron chi connectivity index (χ3n) is 4.42. The Morgan fingerprint density at radius 1 is 1.24 bits per heavy atom. The zero-order valence-electron chi connectivity index (χ0n) is 17.6. The van der Waals surface area contributed by atoms with Crippen molar-refractivity contribution in [2.75, 3.05) is 13.1 Å². The quantitative estimate of drug-likeness (QED) is 0.689. The summed E-state index contributed by atoms with van der Waals surface area (Å²) in [6.45, 7) is 10.9. The molecule has 0 bridgehead atoms. The van der Waals surface area contributed by atoms with E-state index in [0.717, 1.165) is 5.56 Å². The van der Waals surface area contributed by atoms with Crippen LogP contribution in [0.2, 0.25) is 0 Å². The summed E-state index contributed by atoms with van der Waals surface area (Å²) in [6, 6.07) is 5.48. The zero-order chi connectivity index (χ0) is 21.8. The number of hydrazine groups is 1. The molecule has 1 aromatic heterocycles. The SMILES string of the molecule is CCN(CCc1ccc2c(c1)c(=O)c(C(=O)O)cn2CC)NC(=O)OC(C)(C)C. The van der Waals surface area contributed by atoms with E-state index in [2.05, 4.69) is 5.43 Å². The van der Waals surface area contributed by atoms with Gasteiger partial charge in [-0.25, -0.2) is 14.6 Å². The number of aromatic carboxylic acids is 1. The number of hydrogen-bond donors (Lipinski definition) is 2. The lowest BCUT2D eigenvalue weighted by molar-refractivity contribution is 0.0338. The van der Waals surface area contributed by atoms with Gasteiger partial charge in [0, 0.05) is 31.2 Å². The van der Waals surface area contributed by atoms with E-state index in [1.54, 1.807) is 36.4 Å². The van der Waals surface area contributed by atoms with E-state index >= 15 is 0 Å². The average molecular weight is 403 g/mol. The highest BCUT2D eigenvalue weighted by molar-refractivity contribution is 5.92. The number of hydrogen-bond acceptors (Lipinski definition) is 5. The second-order valence-corrected chi connectivity index (χ2v) is 7.76. The summed E-state index contributed by atoms with van der Waals surface area (Å²) in [5.74, 6) is -1.23. The molecule has 2 N–H and O–H groups in total. The summed E-state index contributed by atoms with van der Waals surface area (Å²) in [5.41, 5.74) is 2.99. The molecular formula is C21H29N3O5. The zero-order valence-corrected chi connectivity index (χ0v) is 17.6. The Morgan fingerprint density at radius 2 is 1.93 bits per heavy atom. The Labute approximate surface area is 170 Å². The van der Waals surface area contributed by atoms with Crippen molar-refractivity contribution in [1.82, 2.24) is 15.0 Å². The number of likely N-dealkylation sites (N-methyl/N-ethyl adjacent to an activating group) is 1. The molecule has 0 radical (unpaired) electrons. The van der Waals surface area contributed by atoms with Crippen molar-refractivity contribution >= 4 is 23.0 Å². The van der Waals surface area contributed by atoms with Crippen molar-refractivity contribution in [2.45, 2.75) is 53.2 Å². The molecular weight excluding hydrogens is 374 g/mol. The topological polar surface area (TPSA) is 101 Å². The van der Waals surface area contributed by atoms with E-state index in [1.807, 2.05) is 26.0 Å². The highest BCUT2D eigenvalue weighted by Gasteiger charge is 2.18. The number of fused-ring (bicyclic) bond motifs is 1. The number of pyridine rings is 1. The molecule has 8 nitrogen and oxygen atoms in total. The van der Waals surface area contributed by atoms with Crippen LogP contribution in [0.1, 0.15) is 50.5 Å². The lowest BCUT2D eigenvalue weighted by atomic mass is 10.1. The van der Waals surface area contributed by atoms with Crippen molar-refractivity contribution < 1.29 is 19.4 Å². The predicted molar refractivity (Wildman–Crippen MR) is 111 cm³/mol. The van der Waals surface area contributed by atoms with Crippen LogP contribution >= 0.6 is 0 Å². The molecule has 1 aromatic carbocycles.